The molecule has 0 aliphatic heterocycles. The van der Waals surface area contributed by atoms with Crippen LogP contribution in [0, 0.1) is 0 Å². The first-order valence-electron chi connectivity index (χ1n) is 3.96. The van der Waals surface area contributed by atoms with E-state index < -0.39 is 5.91 Å². The van der Waals surface area contributed by atoms with E-state index in [1.54, 1.807) is 18.2 Å². The molecule has 1 aromatic rings. The summed E-state index contributed by atoms with van der Waals surface area (Å²) in [6.45, 7) is 4.00. The van der Waals surface area contributed by atoms with Gasteiger partial charge in [0.05, 0.1) is 5.56 Å². The van der Waals surface area contributed by atoms with Crippen molar-refractivity contribution >= 4 is 27.5 Å². The van der Waals surface area contributed by atoms with Gasteiger partial charge in [-0.3, -0.25) is 4.79 Å². The number of nitrogens with two attached hydrogens (primary N) is 2. The number of nitrogen functional groups attached to an aromatic ring is 1. The van der Waals surface area contributed by atoms with E-state index in [0.29, 0.717) is 11.3 Å². The maximum atomic E-state index is 10.7. The van der Waals surface area contributed by atoms with E-state index in [9.17, 15) is 4.79 Å². The van der Waals surface area contributed by atoms with E-state index >= 15 is 0 Å². The zero-order valence-electron chi connectivity index (χ0n) is 7.67. The standard InChI is InChI=1S/C7H7BrN2O.C2H6/c8-4-1-2-6(9)5(3-4)7(10)11;1-2/h1-3H,9H2,(H2,10,11);1-2H3. The lowest BCUT2D eigenvalue weighted by Gasteiger charge is -2.00. The van der Waals surface area contributed by atoms with Gasteiger partial charge in [0.15, 0.2) is 0 Å². The number of hydrogen-bond acceptors (Lipinski definition) is 2. The molecule has 0 aliphatic carbocycles. The van der Waals surface area contributed by atoms with Crippen LogP contribution in [0.15, 0.2) is 22.7 Å². The van der Waals surface area contributed by atoms with Crippen LogP contribution < -0.4 is 11.5 Å². The maximum absolute atomic E-state index is 10.7. The van der Waals surface area contributed by atoms with Crippen LogP contribution in [-0.4, -0.2) is 5.91 Å². The summed E-state index contributed by atoms with van der Waals surface area (Å²) in [5.74, 6) is -0.510. The van der Waals surface area contributed by atoms with Crippen molar-refractivity contribution in [1.82, 2.24) is 0 Å². The molecule has 0 saturated carbocycles. The Labute approximate surface area is 86.2 Å². The molecule has 1 aromatic carbocycles. The zero-order chi connectivity index (χ0) is 10.4. The molecule has 1 amide bonds. The number of hydrogen-bond donors (Lipinski definition) is 2. The third-order valence-corrected chi connectivity index (χ3v) is 1.77. The molecule has 1 rings (SSSR count). The van der Waals surface area contributed by atoms with E-state index in [1.807, 2.05) is 13.8 Å². The van der Waals surface area contributed by atoms with Crippen molar-refractivity contribution < 1.29 is 4.79 Å². The van der Waals surface area contributed by atoms with E-state index in [4.69, 9.17) is 11.5 Å². The Morgan fingerprint density at radius 3 is 2.31 bits per heavy atom. The highest BCUT2D eigenvalue weighted by atomic mass is 79.9. The van der Waals surface area contributed by atoms with Gasteiger partial charge in [-0.2, -0.15) is 0 Å². The number of halogens is 1. The number of benzene rings is 1. The topological polar surface area (TPSA) is 69.1 Å². The molecule has 0 saturated heterocycles. The predicted octanol–water partition coefficient (Wildman–Crippen LogP) is 2.16. The highest BCUT2D eigenvalue weighted by molar-refractivity contribution is 9.10. The van der Waals surface area contributed by atoms with Crippen molar-refractivity contribution in [2.75, 3.05) is 5.73 Å². The molecule has 0 radical (unpaired) electrons. The first-order chi connectivity index (χ1) is 6.11. The second kappa shape index (κ2) is 5.59. The van der Waals surface area contributed by atoms with Gasteiger partial charge < -0.3 is 11.5 Å². The van der Waals surface area contributed by atoms with Crippen LogP contribution in [-0.2, 0) is 0 Å². The average Bonchev–Trinajstić information content (AvgIpc) is 2.12. The molecule has 0 atom stereocenters. The molecule has 0 spiro atoms. The third-order valence-electron chi connectivity index (χ3n) is 1.28. The Morgan fingerprint density at radius 1 is 1.38 bits per heavy atom. The average molecular weight is 245 g/mol. The summed E-state index contributed by atoms with van der Waals surface area (Å²) in [6.07, 6.45) is 0. The number of rotatable bonds is 1. The van der Waals surface area contributed by atoms with Crippen molar-refractivity contribution in [3.05, 3.63) is 28.2 Å². The first-order valence-corrected chi connectivity index (χ1v) is 4.75. The van der Waals surface area contributed by atoms with Gasteiger partial charge in [-0.15, -0.1) is 0 Å². The normalized spacial score (nSPS) is 8.54. The smallest absolute Gasteiger partial charge is 0.250 e. The second-order valence-electron chi connectivity index (χ2n) is 2.10. The summed E-state index contributed by atoms with van der Waals surface area (Å²) in [4.78, 5) is 10.7. The number of carbonyl (C=O) groups excluding carboxylic acids is 1. The van der Waals surface area contributed by atoms with Gasteiger partial charge in [0, 0.05) is 10.2 Å². The van der Waals surface area contributed by atoms with Gasteiger partial charge in [-0.25, -0.2) is 0 Å². The minimum atomic E-state index is -0.510. The van der Waals surface area contributed by atoms with Crippen LogP contribution in [0.25, 0.3) is 0 Å². The fourth-order valence-electron chi connectivity index (χ4n) is 0.742. The first kappa shape index (κ1) is 12.0. The largest absolute Gasteiger partial charge is 0.398 e. The lowest BCUT2D eigenvalue weighted by Crippen LogP contribution is -2.13. The van der Waals surface area contributed by atoms with E-state index in [2.05, 4.69) is 15.9 Å². The van der Waals surface area contributed by atoms with Crippen molar-refractivity contribution in [3.63, 3.8) is 0 Å². The number of anilines is 1. The Bertz CT molecular complexity index is 300. The molecule has 72 valence electrons. The lowest BCUT2D eigenvalue weighted by atomic mass is 10.2. The van der Waals surface area contributed by atoms with Crippen molar-refractivity contribution in [1.29, 1.82) is 0 Å². The molecule has 0 unspecified atom stereocenters. The summed E-state index contributed by atoms with van der Waals surface area (Å²) in [6, 6.07) is 4.98. The minimum absolute atomic E-state index is 0.347. The molecule has 4 heteroatoms. The van der Waals surface area contributed by atoms with Crippen LogP contribution in [0.3, 0.4) is 0 Å². The molecule has 0 aliphatic rings. The second-order valence-corrected chi connectivity index (χ2v) is 3.01. The Kier molecular flexibility index (Phi) is 5.14. The predicted molar refractivity (Wildman–Crippen MR) is 58.4 cm³/mol. The van der Waals surface area contributed by atoms with Gasteiger partial charge in [-0.05, 0) is 18.2 Å². The van der Waals surface area contributed by atoms with Gasteiger partial charge in [0.2, 0.25) is 0 Å². The quantitative estimate of drug-likeness (QED) is 0.744. The van der Waals surface area contributed by atoms with Gasteiger partial charge in [0.25, 0.3) is 5.91 Å². The summed E-state index contributed by atoms with van der Waals surface area (Å²) in [5.41, 5.74) is 11.3. The van der Waals surface area contributed by atoms with Crippen molar-refractivity contribution in [2.45, 2.75) is 13.8 Å². The molecule has 4 N–H and O–H groups in total. The molecule has 13 heavy (non-hydrogen) atoms. The van der Waals surface area contributed by atoms with E-state index in [0.717, 1.165) is 4.47 Å². The van der Waals surface area contributed by atoms with Crippen LogP contribution in [0.1, 0.15) is 24.2 Å². The Hall–Kier alpha value is -1.03. The van der Waals surface area contributed by atoms with Gasteiger partial charge >= 0.3 is 0 Å². The van der Waals surface area contributed by atoms with Crippen LogP contribution in [0.2, 0.25) is 0 Å². The summed E-state index contributed by atoms with van der Waals surface area (Å²) in [5, 5.41) is 0. The number of amides is 1. The molecular formula is C9H13BrN2O. The Morgan fingerprint density at radius 2 is 1.92 bits per heavy atom. The van der Waals surface area contributed by atoms with E-state index in [-0.39, 0.29) is 0 Å². The molecule has 0 heterocycles. The van der Waals surface area contributed by atoms with Gasteiger partial charge in [0.1, 0.15) is 0 Å². The van der Waals surface area contributed by atoms with E-state index in [1.165, 1.54) is 0 Å². The molecule has 0 aromatic heterocycles. The fraction of sp³-hybridized carbons (Fsp3) is 0.222. The van der Waals surface area contributed by atoms with Crippen LogP contribution in [0.4, 0.5) is 5.69 Å². The monoisotopic (exact) mass is 244 g/mol. The molecular weight excluding hydrogens is 232 g/mol. The van der Waals surface area contributed by atoms with Crippen LogP contribution in [0.5, 0.6) is 0 Å². The van der Waals surface area contributed by atoms with Crippen molar-refractivity contribution in [3.8, 4) is 0 Å². The molecule has 0 bridgehead atoms. The number of carbonyl (C=O) groups is 1. The molecule has 3 nitrogen and oxygen atoms in total. The SMILES string of the molecule is CC.NC(=O)c1cc(Br)ccc1N. The summed E-state index contributed by atoms with van der Waals surface area (Å²) < 4.78 is 0.792. The minimum Gasteiger partial charge on any atom is -0.398 e. The van der Waals surface area contributed by atoms with Crippen LogP contribution >= 0.6 is 15.9 Å². The maximum Gasteiger partial charge on any atom is 0.250 e. The number of primary amides is 1. The Balaban J connectivity index is 0.000000671. The summed E-state index contributed by atoms with van der Waals surface area (Å²) >= 11 is 3.20. The fourth-order valence-corrected chi connectivity index (χ4v) is 1.10. The van der Waals surface area contributed by atoms with Gasteiger partial charge in [-0.1, -0.05) is 29.8 Å². The zero-order valence-corrected chi connectivity index (χ0v) is 9.26. The highest BCUT2D eigenvalue weighted by Gasteiger charge is 2.04. The third kappa shape index (κ3) is 3.46. The summed E-state index contributed by atoms with van der Waals surface area (Å²) in [7, 11) is 0. The molecule has 0 fully saturated rings. The lowest BCUT2D eigenvalue weighted by molar-refractivity contribution is 0.100. The van der Waals surface area contributed by atoms with Crippen molar-refractivity contribution in [2.24, 2.45) is 5.73 Å². The highest BCUT2D eigenvalue weighted by Crippen LogP contribution is 2.17.